The lowest BCUT2D eigenvalue weighted by Gasteiger charge is -2.29. The summed E-state index contributed by atoms with van der Waals surface area (Å²) in [5.74, 6) is -0.407. The molecule has 7 heteroatoms. The maximum absolute atomic E-state index is 12.9. The number of para-hydroxylation sites is 1. The molecule has 1 fully saturated rings. The van der Waals surface area contributed by atoms with Crippen LogP contribution in [0.15, 0.2) is 96.0 Å². The van der Waals surface area contributed by atoms with Gasteiger partial charge in [-0.2, -0.15) is 0 Å². The van der Waals surface area contributed by atoms with Crippen molar-refractivity contribution in [2.45, 2.75) is 50.7 Å². The Hall–Kier alpha value is -4.39. The van der Waals surface area contributed by atoms with Crippen LogP contribution in [0.3, 0.4) is 0 Å². The number of hydrogen-bond donors (Lipinski definition) is 2. The third kappa shape index (κ3) is 5.72. The second-order valence-corrected chi connectivity index (χ2v) is 11.0. The standard InChI is InChI=1S/C32H33N3O4/c1-31(2,3)39-29(36)34-32(18-19-32)25(27-20-24-16-10-11-17-26(24)35(27)30(37)38)21-33-28(22-12-6-4-7-13-22)23-14-8-5-9-15-23/h4-17,20,25H,18-19,21H2,1-3H3,(H,34,36)(H,37,38). The van der Waals surface area contributed by atoms with E-state index in [4.69, 9.17) is 9.73 Å². The van der Waals surface area contributed by atoms with Gasteiger partial charge in [-0.25, -0.2) is 14.2 Å². The second-order valence-electron chi connectivity index (χ2n) is 11.0. The molecule has 0 aliphatic heterocycles. The Morgan fingerprint density at radius 3 is 2.05 bits per heavy atom. The Labute approximate surface area is 228 Å². The number of aliphatic imine (C=N–C) groups is 1. The van der Waals surface area contributed by atoms with Crippen molar-refractivity contribution in [2.24, 2.45) is 4.99 Å². The molecule has 1 atom stereocenters. The number of aromatic nitrogens is 1. The number of hydrogen-bond acceptors (Lipinski definition) is 4. The molecule has 39 heavy (non-hydrogen) atoms. The lowest BCUT2D eigenvalue weighted by atomic mass is 9.92. The fraction of sp³-hybridized carbons (Fsp3) is 0.281. The number of ether oxygens (including phenoxy) is 1. The Morgan fingerprint density at radius 1 is 0.949 bits per heavy atom. The van der Waals surface area contributed by atoms with Gasteiger partial charge in [0.25, 0.3) is 0 Å². The van der Waals surface area contributed by atoms with Gasteiger partial charge in [0.05, 0.1) is 23.3 Å². The summed E-state index contributed by atoms with van der Waals surface area (Å²) in [6, 6.07) is 29.2. The lowest BCUT2D eigenvalue weighted by molar-refractivity contribution is 0.0487. The average molecular weight is 524 g/mol. The molecule has 200 valence electrons. The topological polar surface area (TPSA) is 92.9 Å². The molecule has 1 amide bonds. The molecular weight excluding hydrogens is 490 g/mol. The van der Waals surface area contributed by atoms with Crippen molar-refractivity contribution in [3.05, 3.63) is 108 Å². The van der Waals surface area contributed by atoms with Crippen LogP contribution in [0.2, 0.25) is 0 Å². The maximum Gasteiger partial charge on any atom is 0.416 e. The van der Waals surface area contributed by atoms with Gasteiger partial charge < -0.3 is 15.2 Å². The first-order valence-corrected chi connectivity index (χ1v) is 13.2. The van der Waals surface area contributed by atoms with E-state index in [1.165, 1.54) is 4.57 Å². The summed E-state index contributed by atoms with van der Waals surface area (Å²) in [5.41, 5.74) is 2.61. The number of carboxylic acid groups (broad SMARTS) is 1. The normalized spacial score (nSPS) is 14.8. The molecule has 7 nitrogen and oxygen atoms in total. The molecule has 1 heterocycles. The number of carbonyl (C=O) groups is 2. The summed E-state index contributed by atoms with van der Waals surface area (Å²) in [4.78, 5) is 30.6. The van der Waals surface area contributed by atoms with Crippen LogP contribution in [0.5, 0.6) is 0 Å². The number of fused-ring (bicyclic) bond motifs is 1. The minimum atomic E-state index is -1.07. The van der Waals surface area contributed by atoms with Crippen molar-refractivity contribution in [1.29, 1.82) is 0 Å². The first kappa shape index (κ1) is 26.2. The third-order valence-corrected chi connectivity index (χ3v) is 7.02. The van der Waals surface area contributed by atoms with Gasteiger partial charge in [0, 0.05) is 28.1 Å². The van der Waals surface area contributed by atoms with E-state index in [1.54, 1.807) is 6.07 Å². The third-order valence-electron chi connectivity index (χ3n) is 7.02. The van der Waals surface area contributed by atoms with E-state index in [2.05, 4.69) is 5.32 Å². The first-order valence-electron chi connectivity index (χ1n) is 13.2. The van der Waals surface area contributed by atoms with E-state index in [1.807, 2.05) is 106 Å². The zero-order valence-corrected chi connectivity index (χ0v) is 22.4. The molecule has 0 saturated heterocycles. The van der Waals surface area contributed by atoms with Crippen molar-refractivity contribution < 1.29 is 19.4 Å². The SMILES string of the molecule is CC(C)(C)OC(=O)NC1(C(CN=C(c2ccccc2)c2ccccc2)c2cc3ccccc3n2C(=O)O)CC1. The highest BCUT2D eigenvalue weighted by atomic mass is 16.6. The molecule has 1 saturated carbocycles. The largest absolute Gasteiger partial charge is 0.464 e. The second kappa shape index (κ2) is 10.4. The van der Waals surface area contributed by atoms with Crippen LogP contribution in [0, 0.1) is 0 Å². The van der Waals surface area contributed by atoms with Crippen molar-refractivity contribution in [3.63, 3.8) is 0 Å². The van der Waals surface area contributed by atoms with E-state index in [-0.39, 0.29) is 6.54 Å². The summed E-state index contributed by atoms with van der Waals surface area (Å²) >= 11 is 0. The van der Waals surface area contributed by atoms with E-state index < -0.39 is 29.2 Å². The molecule has 1 unspecified atom stereocenters. The number of alkyl carbamates (subject to hydrolysis) is 1. The average Bonchev–Trinajstić information content (AvgIpc) is 3.55. The van der Waals surface area contributed by atoms with Gasteiger partial charge in [-0.15, -0.1) is 0 Å². The highest BCUT2D eigenvalue weighted by Gasteiger charge is 2.53. The highest BCUT2D eigenvalue weighted by Crippen LogP contribution is 2.49. The minimum absolute atomic E-state index is 0.276. The van der Waals surface area contributed by atoms with Crippen molar-refractivity contribution in [1.82, 2.24) is 9.88 Å². The summed E-state index contributed by atoms with van der Waals surface area (Å²) in [5, 5.41) is 14.2. The van der Waals surface area contributed by atoms with Gasteiger partial charge in [0.15, 0.2) is 0 Å². The predicted octanol–water partition coefficient (Wildman–Crippen LogP) is 6.85. The van der Waals surface area contributed by atoms with Gasteiger partial charge in [-0.3, -0.25) is 4.99 Å². The molecule has 2 N–H and O–H groups in total. The minimum Gasteiger partial charge on any atom is -0.464 e. The monoisotopic (exact) mass is 523 g/mol. The van der Waals surface area contributed by atoms with Crippen LogP contribution >= 0.6 is 0 Å². The summed E-state index contributed by atoms with van der Waals surface area (Å²) in [6.07, 6.45) is -0.197. The zero-order chi connectivity index (χ0) is 27.6. The maximum atomic E-state index is 12.9. The van der Waals surface area contributed by atoms with Crippen LogP contribution in [-0.4, -0.2) is 45.3 Å². The Morgan fingerprint density at radius 2 is 1.51 bits per heavy atom. The molecule has 1 aliphatic carbocycles. The number of carbonyl (C=O) groups excluding carboxylic acids is 1. The van der Waals surface area contributed by atoms with E-state index in [0.717, 1.165) is 22.2 Å². The van der Waals surface area contributed by atoms with Crippen LogP contribution in [-0.2, 0) is 4.74 Å². The molecule has 5 rings (SSSR count). The quantitative estimate of drug-likeness (QED) is 0.259. The van der Waals surface area contributed by atoms with Gasteiger partial charge in [0.1, 0.15) is 5.60 Å². The molecule has 0 bridgehead atoms. The molecule has 0 radical (unpaired) electrons. The number of nitrogens with one attached hydrogen (secondary N) is 1. The number of benzene rings is 3. The highest BCUT2D eigenvalue weighted by molar-refractivity contribution is 6.12. The molecule has 4 aromatic rings. The summed E-state index contributed by atoms with van der Waals surface area (Å²) < 4.78 is 6.92. The van der Waals surface area contributed by atoms with Crippen molar-refractivity contribution in [2.75, 3.05) is 6.54 Å². The number of rotatable bonds is 7. The molecule has 1 aromatic heterocycles. The van der Waals surface area contributed by atoms with Crippen LogP contribution in [0.25, 0.3) is 10.9 Å². The van der Waals surface area contributed by atoms with E-state index in [9.17, 15) is 14.7 Å². The van der Waals surface area contributed by atoms with Crippen molar-refractivity contribution in [3.8, 4) is 0 Å². The number of nitrogens with zero attached hydrogens (tertiary/aromatic N) is 2. The molecular formula is C32H33N3O4. The smallest absolute Gasteiger partial charge is 0.416 e. The predicted molar refractivity (Wildman–Crippen MR) is 153 cm³/mol. The van der Waals surface area contributed by atoms with Crippen LogP contribution in [0.4, 0.5) is 9.59 Å². The van der Waals surface area contributed by atoms with Gasteiger partial charge >= 0.3 is 12.2 Å². The van der Waals surface area contributed by atoms with Crippen LogP contribution < -0.4 is 5.32 Å². The van der Waals surface area contributed by atoms with Crippen LogP contribution in [0.1, 0.15) is 56.4 Å². The molecule has 1 aliphatic rings. The van der Waals surface area contributed by atoms with E-state index in [0.29, 0.717) is 24.1 Å². The number of amides is 1. The van der Waals surface area contributed by atoms with Gasteiger partial charge in [-0.1, -0.05) is 78.9 Å². The Bertz CT molecular complexity index is 1470. The first-order chi connectivity index (χ1) is 18.7. The molecule has 0 spiro atoms. The van der Waals surface area contributed by atoms with Gasteiger partial charge in [0.2, 0.25) is 0 Å². The summed E-state index contributed by atoms with van der Waals surface area (Å²) in [6.45, 7) is 5.74. The summed E-state index contributed by atoms with van der Waals surface area (Å²) in [7, 11) is 0. The molecule has 3 aromatic carbocycles. The Kier molecular flexibility index (Phi) is 7.00. The zero-order valence-electron chi connectivity index (χ0n) is 22.4. The Balaban J connectivity index is 1.62. The fourth-order valence-electron chi connectivity index (χ4n) is 5.12. The lowest BCUT2D eigenvalue weighted by Crippen LogP contribution is -2.45. The van der Waals surface area contributed by atoms with Crippen molar-refractivity contribution >= 4 is 28.8 Å². The van der Waals surface area contributed by atoms with Gasteiger partial charge in [-0.05, 0) is 45.7 Å². The van der Waals surface area contributed by atoms with E-state index >= 15 is 0 Å². The fourth-order valence-corrected chi connectivity index (χ4v) is 5.12.